The second kappa shape index (κ2) is 3.48. The molecule has 1 unspecified atom stereocenters. The second-order valence-electron chi connectivity index (χ2n) is 3.96. The monoisotopic (exact) mass is 209 g/mol. The predicted molar refractivity (Wildman–Crippen MR) is 59.1 cm³/mol. The first-order chi connectivity index (χ1) is 6.59. The largest absolute Gasteiger partial charge is 0.298 e. The lowest BCUT2D eigenvalue weighted by molar-refractivity contribution is 0.102. The van der Waals surface area contributed by atoms with Gasteiger partial charge < -0.3 is 0 Å². The van der Waals surface area contributed by atoms with Crippen molar-refractivity contribution in [1.29, 1.82) is 0 Å². The van der Waals surface area contributed by atoms with Crippen LogP contribution in [0.25, 0.3) is 0 Å². The number of likely N-dealkylation sites (N-methyl/N-ethyl adjacent to an activating group) is 1. The summed E-state index contributed by atoms with van der Waals surface area (Å²) in [6.07, 6.45) is 1.08. The van der Waals surface area contributed by atoms with Crippen molar-refractivity contribution in [3.8, 4) is 0 Å². The molecule has 0 spiro atoms. The normalized spacial score (nSPS) is 22.1. The summed E-state index contributed by atoms with van der Waals surface area (Å²) < 4.78 is 0. The highest BCUT2D eigenvalue weighted by molar-refractivity contribution is 7.14. The summed E-state index contributed by atoms with van der Waals surface area (Å²) in [5.74, 6) is 0.194. The summed E-state index contributed by atoms with van der Waals surface area (Å²) >= 11 is 1.66. The number of carbonyl (C=O) groups is 1. The maximum Gasteiger partial charge on any atom is 0.169 e. The van der Waals surface area contributed by atoms with E-state index >= 15 is 0 Å². The summed E-state index contributed by atoms with van der Waals surface area (Å²) in [6, 6.07) is 2.54. The Hall–Kier alpha value is -0.670. The molecule has 1 aliphatic heterocycles. The van der Waals surface area contributed by atoms with Gasteiger partial charge in [-0.2, -0.15) is 0 Å². The minimum Gasteiger partial charge on any atom is -0.298 e. The number of fused-ring (bicyclic) bond motifs is 1. The van der Waals surface area contributed by atoms with Crippen LogP contribution >= 0.6 is 11.3 Å². The average molecular weight is 209 g/mol. The molecule has 0 N–H and O–H groups in total. The molecule has 2 nitrogen and oxygen atoms in total. The first-order valence-corrected chi connectivity index (χ1v) is 5.75. The summed E-state index contributed by atoms with van der Waals surface area (Å²) in [5, 5.41) is 0. The van der Waals surface area contributed by atoms with E-state index in [1.807, 2.05) is 0 Å². The Morgan fingerprint density at radius 1 is 1.64 bits per heavy atom. The van der Waals surface area contributed by atoms with E-state index in [2.05, 4.69) is 24.9 Å². The highest BCUT2D eigenvalue weighted by Gasteiger charge is 2.24. The molecular formula is C11H15NOS. The summed E-state index contributed by atoms with van der Waals surface area (Å²) in [6.45, 7) is 4.95. The number of nitrogens with zero attached hydrogens (tertiary/aromatic N) is 1. The van der Waals surface area contributed by atoms with Gasteiger partial charge in [0, 0.05) is 17.5 Å². The molecule has 0 aromatic carbocycles. The third-order valence-corrected chi connectivity index (χ3v) is 4.41. The van der Waals surface area contributed by atoms with E-state index in [-0.39, 0.29) is 5.78 Å². The zero-order valence-electron chi connectivity index (χ0n) is 8.83. The van der Waals surface area contributed by atoms with Crippen molar-refractivity contribution >= 4 is 17.1 Å². The Morgan fingerprint density at radius 2 is 2.36 bits per heavy atom. The van der Waals surface area contributed by atoms with Gasteiger partial charge in [-0.1, -0.05) is 0 Å². The van der Waals surface area contributed by atoms with Crippen molar-refractivity contribution in [3.63, 3.8) is 0 Å². The van der Waals surface area contributed by atoms with Gasteiger partial charge in [-0.15, -0.1) is 11.3 Å². The predicted octanol–water partition coefficient (Wildman–Crippen LogP) is 2.50. The second-order valence-corrected chi connectivity index (χ2v) is 5.05. The molecule has 0 bridgehead atoms. The standard InChI is InChI=1S/C11H15NOS/c1-7-11-9(4-5-12(7)3)6-10(14-11)8(2)13/h6-7H,4-5H2,1-3H3. The van der Waals surface area contributed by atoms with E-state index in [0.29, 0.717) is 6.04 Å². The molecule has 0 saturated heterocycles. The molecule has 0 aliphatic carbocycles. The number of rotatable bonds is 1. The highest BCUT2D eigenvalue weighted by Crippen LogP contribution is 2.35. The summed E-state index contributed by atoms with van der Waals surface area (Å²) in [4.78, 5) is 15.9. The van der Waals surface area contributed by atoms with Gasteiger partial charge in [-0.3, -0.25) is 9.69 Å². The number of hydrogen-bond acceptors (Lipinski definition) is 3. The van der Waals surface area contributed by atoms with Gasteiger partial charge in [0.2, 0.25) is 0 Å². The van der Waals surface area contributed by atoms with Gasteiger partial charge in [0.1, 0.15) is 0 Å². The van der Waals surface area contributed by atoms with Crippen molar-refractivity contribution in [2.24, 2.45) is 0 Å². The molecule has 1 aromatic heterocycles. The molecule has 0 amide bonds. The number of ketones is 1. The fourth-order valence-electron chi connectivity index (χ4n) is 1.86. The van der Waals surface area contributed by atoms with Crippen molar-refractivity contribution < 1.29 is 4.79 Å². The molecule has 1 aromatic rings. The lowest BCUT2D eigenvalue weighted by Gasteiger charge is -2.29. The number of thiophene rings is 1. The summed E-state index contributed by atoms with van der Waals surface area (Å²) in [5.41, 5.74) is 1.38. The Kier molecular flexibility index (Phi) is 2.45. The van der Waals surface area contributed by atoms with Gasteiger partial charge in [0.05, 0.1) is 4.88 Å². The van der Waals surface area contributed by atoms with Crippen molar-refractivity contribution in [2.45, 2.75) is 26.3 Å². The van der Waals surface area contributed by atoms with Crippen LogP contribution in [0.15, 0.2) is 6.07 Å². The first kappa shape index (κ1) is 9.87. The minimum atomic E-state index is 0.194. The minimum absolute atomic E-state index is 0.194. The maximum atomic E-state index is 11.2. The number of Topliss-reactive ketones (excluding diaryl/α,β-unsaturated/α-hetero) is 1. The zero-order valence-corrected chi connectivity index (χ0v) is 9.65. The lowest BCUT2D eigenvalue weighted by Crippen LogP contribution is -2.28. The molecule has 3 heteroatoms. The van der Waals surface area contributed by atoms with Crippen LogP contribution in [0.3, 0.4) is 0 Å². The third kappa shape index (κ3) is 1.51. The van der Waals surface area contributed by atoms with E-state index in [0.717, 1.165) is 17.8 Å². The van der Waals surface area contributed by atoms with Crippen molar-refractivity contribution in [1.82, 2.24) is 4.90 Å². The van der Waals surface area contributed by atoms with E-state index < -0.39 is 0 Å². The molecule has 0 saturated carbocycles. The van der Waals surface area contributed by atoms with Crippen molar-refractivity contribution in [3.05, 3.63) is 21.4 Å². The third-order valence-electron chi connectivity index (χ3n) is 2.96. The Bertz CT molecular complexity index is 369. The topological polar surface area (TPSA) is 20.3 Å². The Morgan fingerprint density at radius 3 is 3.00 bits per heavy atom. The molecule has 2 rings (SSSR count). The van der Waals surface area contributed by atoms with Gasteiger partial charge in [-0.05, 0) is 38.9 Å². The van der Waals surface area contributed by atoms with E-state index in [1.54, 1.807) is 18.3 Å². The number of carbonyl (C=O) groups excluding carboxylic acids is 1. The first-order valence-electron chi connectivity index (χ1n) is 4.93. The molecule has 76 valence electrons. The average Bonchev–Trinajstić information content (AvgIpc) is 2.56. The molecule has 14 heavy (non-hydrogen) atoms. The molecule has 2 heterocycles. The quantitative estimate of drug-likeness (QED) is 0.662. The van der Waals surface area contributed by atoms with Gasteiger partial charge >= 0.3 is 0 Å². The fourth-order valence-corrected chi connectivity index (χ4v) is 3.08. The van der Waals surface area contributed by atoms with E-state index in [4.69, 9.17) is 0 Å². The van der Waals surface area contributed by atoms with Gasteiger partial charge in [0.15, 0.2) is 5.78 Å². The number of hydrogen-bond donors (Lipinski definition) is 0. The van der Waals surface area contributed by atoms with Crippen LogP contribution in [0.1, 0.15) is 40.0 Å². The molecule has 1 aliphatic rings. The van der Waals surface area contributed by atoms with E-state index in [9.17, 15) is 4.79 Å². The van der Waals surface area contributed by atoms with Crippen LogP contribution in [0.5, 0.6) is 0 Å². The van der Waals surface area contributed by atoms with Crippen LogP contribution in [0.4, 0.5) is 0 Å². The Labute approximate surface area is 88.5 Å². The molecule has 1 atom stereocenters. The molecule has 0 fully saturated rings. The van der Waals surface area contributed by atoms with Crippen LogP contribution in [0.2, 0.25) is 0 Å². The van der Waals surface area contributed by atoms with E-state index in [1.165, 1.54) is 10.4 Å². The van der Waals surface area contributed by atoms with Crippen LogP contribution < -0.4 is 0 Å². The maximum absolute atomic E-state index is 11.2. The van der Waals surface area contributed by atoms with Crippen LogP contribution in [-0.2, 0) is 6.42 Å². The highest BCUT2D eigenvalue weighted by atomic mass is 32.1. The SMILES string of the molecule is CC(=O)c1cc2c(s1)C(C)N(C)CC2. The van der Waals surface area contributed by atoms with Crippen LogP contribution in [-0.4, -0.2) is 24.3 Å². The van der Waals surface area contributed by atoms with Gasteiger partial charge in [-0.25, -0.2) is 0 Å². The van der Waals surface area contributed by atoms with Crippen LogP contribution in [0, 0.1) is 0 Å². The smallest absolute Gasteiger partial charge is 0.169 e. The lowest BCUT2D eigenvalue weighted by atomic mass is 10.0. The van der Waals surface area contributed by atoms with Crippen molar-refractivity contribution in [2.75, 3.05) is 13.6 Å². The Balaban J connectivity index is 2.41. The van der Waals surface area contributed by atoms with Gasteiger partial charge in [0.25, 0.3) is 0 Å². The summed E-state index contributed by atoms with van der Waals surface area (Å²) in [7, 11) is 2.14. The molecule has 0 radical (unpaired) electrons. The zero-order chi connectivity index (χ0) is 10.3. The molecular weight excluding hydrogens is 194 g/mol. The fraction of sp³-hybridized carbons (Fsp3) is 0.545.